The van der Waals surface area contributed by atoms with Crippen LogP contribution >= 0.6 is 0 Å². The molecule has 0 aliphatic carbocycles. The van der Waals surface area contributed by atoms with Crippen molar-refractivity contribution in [1.29, 1.82) is 0 Å². The van der Waals surface area contributed by atoms with Gasteiger partial charge in [0.05, 0.1) is 6.61 Å². The molecule has 0 spiro atoms. The van der Waals surface area contributed by atoms with Gasteiger partial charge in [0.25, 0.3) is 0 Å². The summed E-state index contributed by atoms with van der Waals surface area (Å²) < 4.78 is 17.3. The molecule has 5 nitrogen and oxygen atoms in total. The molecule has 1 atom stereocenters. The summed E-state index contributed by atoms with van der Waals surface area (Å²) in [5.74, 6) is -0.509. The molecule has 66 heavy (non-hydrogen) atoms. The van der Waals surface area contributed by atoms with E-state index in [0.29, 0.717) is 19.4 Å². The molecule has 0 aliphatic rings. The van der Waals surface area contributed by atoms with E-state index >= 15 is 0 Å². The number of hydrogen-bond donors (Lipinski definition) is 0. The topological polar surface area (TPSA) is 61.8 Å². The van der Waals surface area contributed by atoms with Crippen molar-refractivity contribution in [2.75, 3.05) is 19.8 Å². The van der Waals surface area contributed by atoms with Gasteiger partial charge in [-0.05, 0) is 141 Å². The number of carbonyl (C=O) groups excluding carboxylic acids is 2. The van der Waals surface area contributed by atoms with E-state index in [4.69, 9.17) is 14.2 Å². The quantitative estimate of drug-likeness (QED) is 0.0346. The van der Waals surface area contributed by atoms with E-state index in [0.717, 1.165) is 154 Å². The standard InChI is InChI=1S/C61H94O5/c1-4-7-10-13-16-19-22-25-27-29-31-32-34-37-39-42-45-48-51-54-60(62)65-58-59(66-61(63)55-52-49-46-43-40-36-24-21-18-15-12-9-6-3)57-64-56-53-50-47-44-41-38-35-33-30-28-26-23-20-17-14-11-8-5-2/h7-12,16-21,25-28,31-33,35-37,39-41,44,59H,4-6,13-15,22-24,29-30,34,38,42-43,45-58H2,1-3H3/b10-7-,11-8-,12-9-,19-16-,20-17-,21-18-,27-25-,28-26-,32-31-,35-33-,39-37-,40-36-,44-41-. The normalized spacial score (nSPS) is 13.6. The number of rotatable bonds is 45. The van der Waals surface area contributed by atoms with Crippen LogP contribution in [0.5, 0.6) is 0 Å². The molecule has 0 aromatic heterocycles. The Balaban J connectivity index is 4.48. The van der Waals surface area contributed by atoms with Gasteiger partial charge in [0.15, 0.2) is 6.10 Å². The van der Waals surface area contributed by atoms with Gasteiger partial charge in [0, 0.05) is 19.4 Å². The van der Waals surface area contributed by atoms with Gasteiger partial charge in [-0.3, -0.25) is 9.59 Å². The first-order valence-corrected chi connectivity index (χ1v) is 26.0. The number of carbonyl (C=O) groups is 2. The molecule has 0 amide bonds. The molecule has 0 rings (SSSR count). The van der Waals surface area contributed by atoms with Crippen LogP contribution in [0.3, 0.4) is 0 Å². The summed E-state index contributed by atoms with van der Waals surface area (Å²) >= 11 is 0. The summed E-state index contributed by atoms with van der Waals surface area (Å²) in [6, 6.07) is 0. The van der Waals surface area contributed by atoms with Crippen LogP contribution in [-0.4, -0.2) is 37.9 Å². The third-order valence-corrected chi connectivity index (χ3v) is 10.0. The molecule has 0 bridgehead atoms. The molecule has 0 radical (unpaired) electrons. The maximum atomic E-state index is 12.8. The Kier molecular flexibility index (Phi) is 51.1. The summed E-state index contributed by atoms with van der Waals surface area (Å²) in [5, 5.41) is 0. The lowest BCUT2D eigenvalue weighted by Gasteiger charge is -2.18. The number of hydrogen-bond acceptors (Lipinski definition) is 5. The number of unbranched alkanes of at least 4 members (excludes halogenated alkanes) is 8. The maximum Gasteiger partial charge on any atom is 0.306 e. The van der Waals surface area contributed by atoms with Crippen molar-refractivity contribution < 1.29 is 23.8 Å². The van der Waals surface area contributed by atoms with Gasteiger partial charge < -0.3 is 14.2 Å². The van der Waals surface area contributed by atoms with E-state index in [9.17, 15) is 9.59 Å². The Morgan fingerprint density at radius 2 is 0.636 bits per heavy atom. The molecule has 0 aromatic carbocycles. The minimum Gasteiger partial charge on any atom is -0.462 e. The number of esters is 2. The van der Waals surface area contributed by atoms with E-state index in [1.54, 1.807) is 0 Å². The monoisotopic (exact) mass is 907 g/mol. The zero-order valence-electron chi connectivity index (χ0n) is 42.1. The summed E-state index contributed by atoms with van der Waals surface area (Å²) in [5.41, 5.74) is 0. The van der Waals surface area contributed by atoms with E-state index in [2.05, 4.69) is 179 Å². The SMILES string of the molecule is CC/C=C\C/C=C\C/C=C\C/C=C\C/C=C\CCCCCC(=O)OCC(COCCCC/C=C\C/C=C\C/C=C\C/C=C\C/C=C\CC)OC(=O)CCCCC/C=C\C/C=C\C/C=C\CC. The van der Waals surface area contributed by atoms with Gasteiger partial charge in [0.2, 0.25) is 0 Å². The molecule has 0 N–H and O–H groups in total. The molecule has 0 saturated carbocycles. The highest BCUT2D eigenvalue weighted by atomic mass is 16.6. The Hall–Kier alpha value is -4.48. The van der Waals surface area contributed by atoms with Crippen molar-refractivity contribution in [3.63, 3.8) is 0 Å². The lowest BCUT2D eigenvalue weighted by molar-refractivity contribution is -0.163. The first-order chi connectivity index (χ1) is 32.6. The zero-order chi connectivity index (χ0) is 47.7. The second kappa shape index (κ2) is 54.9. The van der Waals surface area contributed by atoms with Crippen LogP contribution in [0.1, 0.15) is 188 Å². The van der Waals surface area contributed by atoms with E-state index in [1.165, 1.54) is 0 Å². The molecular formula is C61H94O5. The fourth-order valence-electron chi connectivity index (χ4n) is 6.28. The first-order valence-electron chi connectivity index (χ1n) is 26.0. The molecule has 1 unspecified atom stereocenters. The van der Waals surface area contributed by atoms with Gasteiger partial charge >= 0.3 is 11.9 Å². The predicted octanol–water partition coefficient (Wildman–Crippen LogP) is 17.9. The second-order valence-electron chi connectivity index (χ2n) is 16.3. The van der Waals surface area contributed by atoms with Gasteiger partial charge in [-0.15, -0.1) is 0 Å². The molecule has 0 saturated heterocycles. The molecule has 5 heteroatoms. The van der Waals surface area contributed by atoms with Crippen LogP contribution in [0.4, 0.5) is 0 Å². The van der Waals surface area contributed by atoms with E-state index < -0.39 is 6.10 Å². The molecule has 368 valence electrons. The van der Waals surface area contributed by atoms with Gasteiger partial charge in [-0.25, -0.2) is 0 Å². The van der Waals surface area contributed by atoms with Crippen LogP contribution < -0.4 is 0 Å². The highest BCUT2D eigenvalue weighted by Gasteiger charge is 2.17. The third kappa shape index (κ3) is 52.1. The van der Waals surface area contributed by atoms with E-state index in [1.807, 2.05) is 0 Å². The van der Waals surface area contributed by atoms with Crippen molar-refractivity contribution in [3.8, 4) is 0 Å². The molecular weight excluding hydrogens is 813 g/mol. The van der Waals surface area contributed by atoms with Crippen molar-refractivity contribution in [1.82, 2.24) is 0 Å². The van der Waals surface area contributed by atoms with Crippen LogP contribution in [0.2, 0.25) is 0 Å². The van der Waals surface area contributed by atoms with Crippen LogP contribution in [-0.2, 0) is 23.8 Å². The summed E-state index contributed by atoms with van der Waals surface area (Å²) in [6.07, 6.45) is 81.2. The van der Waals surface area contributed by atoms with Crippen molar-refractivity contribution in [3.05, 3.63) is 158 Å². The van der Waals surface area contributed by atoms with Gasteiger partial charge in [0.1, 0.15) is 6.61 Å². The zero-order valence-corrected chi connectivity index (χ0v) is 42.1. The first kappa shape index (κ1) is 61.5. The summed E-state index contributed by atoms with van der Waals surface area (Å²) in [7, 11) is 0. The summed E-state index contributed by atoms with van der Waals surface area (Å²) in [4.78, 5) is 25.4. The molecule has 0 aromatic rings. The smallest absolute Gasteiger partial charge is 0.306 e. The average molecular weight is 907 g/mol. The van der Waals surface area contributed by atoms with Crippen molar-refractivity contribution in [2.45, 2.75) is 194 Å². The molecule has 0 heterocycles. The van der Waals surface area contributed by atoms with E-state index in [-0.39, 0.29) is 25.2 Å². The molecule has 0 aliphatic heterocycles. The predicted molar refractivity (Wildman–Crippen MR) is 288 cm³/mol. The minimum atomic E-state index is -0.601. The third-order valence-electron chi connectivity index (χ3n) is 10.0. The largest absolute Gasteiger partial charge is 0.462 e. The second-order valence-corrected chi connectivity index (χ2v) is 16.3. The summed E-state index contributed by atoms with van der Waals surface area (Å²) in [6.45, 7) is 7.28. The molecule has 0 fully saturated rings. The number of allylic oxidation sites excluding steroid dienone is 26. The lowest BCUT2D eigenvalue weighted by atomic mass is 10.1. The van der Waals surface area contributed by atoms with Crippen LogP contribution in [0.25, 0.3) is 0 Å². The van der Waals surface area contributed by atoms with Crippen LogP contribution in [0.15, 0.2) is 158 Å². The van der Waals surface area contributed by atoms with Gasteiger partial charge in [-0.2, -0.15) is 0 Å². The van der Waals surface area contributed by atoms with Crippen LogP contribution in [0, 0.1) is 0 Å². The Morgan fingerprint density at radius 3 is 0.985 bits per heavy atom. The number of ether oxygens (including phenoxy) is 3. The average Bonchev–Trinajstić information content (AvgIpc) is 3.32. The Bertz CT molecular complexity index is 1490. The highest BCUT2D eigenvalue weighted by Crippen LogP contribution is 2.10. The highest BCUT2D eigenvalue weighted by molar-refractivity contribution is 5.70. The Labute approximate surface area is 405 Å². The fourth-order valence-corrected chi connectivity index (χ4v) is 6.28. The van der Waals surface area contributed by atoms with Gasteiger partial charge in [-0.1, -0.05) is 192 Å². The van der Waals surface area contributed by atoms with Crippen molar-refractivity contribution >= 4 is 11.9 Å². The lowest BCUT2D eigenvalue weighted by Crippen LogP contribution is -2.30. The van der Waals surface area contributed by atoms with Crippen molar-refractivity contribution in [2.24, 2.45) is 0 Å². The maximum absolute atomic E-state index is 12.8. The minimum absolute atomic E-state index is 0.0266. The fraction of sp³-hybridized carbons (Fsp3) is 0.541. The Morgan fingerprint density at radius 1 is 0.333 bits per heavy atom.